The van der Waals surface area contributed by atoms with Gasteiger partial charge in [-0.3, -0.25) is 9.80 Å². The fraction of sp³-hybridized carbons (Fsp3) is 0.600. The minimum absolute atomic E-state index is 0.186. The van der Waals surface area contributed by atoms with E-state index in [4.69, 9.17) is 10.5 Å². The summed E-state index contributed by atoms with van der Waals surface area (Å²) in [4.78, 5) is 4.68. The molecule has 1 heterocycles. The molecule has 0 unspecified atom stereocenters. The Balaban J connectivity index is 1.82. The number of anilines is 1. The highest BCUT2D eigenvalue weighted by atomic mass is 16.5. The molecule has 0 aliphatic carbocycles. The summed E-state index contributed by atoms with van der Waals surface area (Å²) in [5.41, 5.74) is 7.80. The van der Waals surface area contributed by atoms with Crippen LogP contribution in [0.3, 0.4) is 0 Å². The topological polar surface area (TPSA) is 62.0 Å². The number of benzene rings is 1. The first kappa shape index (κ1) is 15.3. The summed E-state index contributed by atoms with van der Waals surface area (Å²) >= 11 is 0. The molecule has 5 heteroatoms. The van der Waals surface area contributed by atoms with E-state index in [2.05, 4.69) is 15.9 Å². The Morgan fingerprint density at radius 3 is 2.75 bits per heavy atom. The molecular formula is C15H25N3O2. The number of morpholine rings is 1. The molecule has 1 aliphatic heterocycles. The van der Waals surface area contributed by atoms with E-state index in [0.717, 1.165) is 51.6 Å². The van der Waals surface area contributed by atoms with Gasteiger partial charge in [-0.2, -0.15) is 0 Å². The maximum Gasteiger partial charge on any atom is 0.0594 e. The number of hydrogen-bond donors (Lipinski definition) is 2. The van der Waals surface area contributed by atoms with E-state index in [0.29, 0.717) is 6.54 Å². The molecular weight excluding hydrogens is 254 g/mol. The van der Waals surface area contributed by atoms with Crippen molar-refractivity contribution < 1.29 is 9.84 Å². The van der Waals surface area contributed by atoms with Crippen LogP contribution in [0, 0.1) is 0 Å². The summed E-state index contributed by atoms with van der Waals surface area (Å²) < 4.78 is 5.35. The largest absolute Gasteiger partial charge is 0.399 e. The molecule has 1 aromatic rings. The van der Waals surface area contributed by atoms with E-state index in [1.165, 1.54) is 5.56 Å². The van der Waals surface area contributed by atoms with Crippen LogP contribution in [0.2, 0.25) is 0 Å². The highest BCUT2D eigenvalue weighted by molar-refractivity contribution is 5.40. The van der Waals surface area contributed by atoms with Crippen molar-refractivity contribution in [3.63, 3.8) is 0 Å². The number of nitrogens with zero attached hydrogens (tertiary/aromatic N) is 2. The Kier molecular flexibility index (Phi) is 6.26. The van der Waals surface area contributed by atoms with E-state index < -0.39 is 0 Å². The van der Waals surface area contributed by atoms with Crippen molar-refractivity contribution in [3.05, 3.63) is 29.8 Å². The van der Waals surface area contributed by atoms with Gasteiger partial charge in [-0.25, -0.2) is 0 Å². The van der Waals surface area contributed by atoms with Gasteiger partial charge in [0.15, 0.2) is 0 Å². The molecule has 0 bridgehead atoms. The Morgan fingerprint density at radius 2 is 2.05 bits per heavy atom. The molecule has 112 valence electrons. The van der Waals surface area contributed by atoms with E-state index >= 15 is 0 Å². The van der Waals surface area contributed by atoms with Crippen LogP contribution in [0.1, 0.15) is 5.56 Å². The third-order valence-corrected chi connectivity index (χ3v) is 3.61. The van der Waals surface area contributed by atoms with Crippen LogP contribution >= 0.6 is 0 Å². The lowest BCUT2D eigenvalue weighted by Crippen LogP contribution is -2.41. The zero-order valence-corrected chi connectivity index (χ0v) is 12.0. The third kappa shape index (κ3) is 5.09. The van der Waals surface area contributed by atoms with Crippen molar-refractivity contribution in [2.24, 2.45) is 0 Å². The lowest BCUT2D eigenvalue weighted by Gasteiger charge is -2.29. The smallest absolute Gasteiger partial charge is 0.0594 e. The van der Waals surface area contributed by atoms with Crippen molar-refractivity contribution >= 4 is 5.69 Å². The number of nitrogens with two attached hydrogens (primary N) is 1. The Morgan fingerprint density at radius 1 is 1.25 bits per heavy atom. The van der Waals surface area contributed by atoms with E-state index in [9.17, 15) is 5.11 Å². The molecule has 1 aliphatic rings. The summed E-state index contributed by atoms with van der Waals surface area (Å²) in [7, 11) is 0. The first-order valence-electron chi connectivity index (χ1n) is 7.25. The molecule has 0 amide bonds. The Labute approximate surface area is 120 Å². The minimum atomic E-state index is 0.186. The van der Waals surface area contributed by atoms with Crippen molar-refractivity contribution in [1.29, 1.82) is 0 Å². The number of aliphatic hydroxyl groups excluding tert-OH is 1. The monoisotopic (exact) mass is 279 g/mol. The molecule has 0 atom stereocenters. The second-order valence-electron chi connectivity index (χ2n) is 5.20. The predicted molar refractivity (Wildman–Crippen MR) is 80.5 cm³/mol. The van der Waals surface area contributed by atoms with Crippen LogP contribution in [0.4, 0.5) is 5.69 Å². The van der Waals surface area contributed by atoms with Gasteiger partial charge in [0, 0.05) is 45.0 Å². The lowest BCUT2D eigenvalue weighted by molar-refractivity contribution is 0.0320. The molecule has 0 aromatic heterocycles. The molecule has 0 spiro atoms. The van der Waals surface area contributed by atoms with Gasteiger partial charge in [0.1, 0.15) is 0 Å². The van der Waals surface area contributed by atoms with Gasteiger partial charge in [0.2, 0.25) is 0 Å². The van der Waals surface area contributed by atoms with Crippen LogP contribution in [0.25, 0.3) is 0 Å². The average Bonchev–Trinajstić information content (AvgIpc) is 2.46. The fourth-order valence-corrected chi connectivity index (χ4v) is 2.47. The van der Waals surface area contributed by atoms with Gasteiger partial charge in [-0.1, -0.05) is 12.1 Å². The highest BCUT2D eigenvalue weighted by Gasteiger charge is 2.12. The maximum absolute atomic E-state index is 9.21. The van der Waals surface area contributed by atoms with Crippen LogP contribution in [0.15, 0.2) is 24.3 Å². The standard InChI is InChI=1S/C15H25N3O2/c16-15-3-1-2-14(12-15)13-18(6-9-19)5-4-17-7-10-20-11-8-17/h1-3,12,19H,4-11,13,16H2. The predicted octanol–water partition coefficient (Wildman–Crippen LogP) is 0.395. The number of hydrogen-bond acceptors (Lipinski definition) is 5. The summed E-state index contributed by atoms with van der Waals surface area (Å²) in [6.07, 6.45) is 0. The van der Waals surface area contributed by atoms with Gasteiger partial charge in [0.25, 0.3) is 0 Å². The molecule has 3 N–H and O–H groups in total. The van der Waals surface area contributed by atoms with E-state index in [1.54, 1.807) is 0 Å². The zero-order valence-electron chi connectivity index (χ0n) is 12.0. The van der Waals surface area contributed by atoms with Gasteiger partial charge in [-0.15, -0.1) is 0 Å². The molecule has 0 radical (unpaired) electrons. The molecule has 1 saturated heterocycles. The second kappa shape index (κ2) is 8.21. The van der Waals surface area contributed by atoms with Gasteiger partial charge in [-0.05, 0) is 17.7 Å². The SMILES string of the molecule is Nc1cccc(CN(CCO)CCN2CCOCC2)c1. The summed E-state index contributed by atoms with van der Waals surface area (Å²) in [6, 6.07) is 7.95. The second-order valence-corrected chi connectivity index (χ2v) is 5.20. The van der Waals surface area contributed by atoms with Crippen LogP contribution < -0.4 is 5.73 Å². The van der Waals surface area contributed by atoms with E-state index in [-0.39, 0.29) is 6.61 Å². The van der Waals surface area contributed by atoms with E-state index in [1.807, 2.05) is 18.2 Å². The number of aliphatic hydroxyl groups is 1. The summed E-state index contributed by atoms with van der Waals surface area (Å²) in [6.45, 7) is 7.35. The lowest BCUT2D eigenvalue weighted by atomic mass is 10.2. The summed E-state index contributed by atoms with van der Waals surface area (Å²) in [5.74, 6) is 0. The van der Waals surface area contributed by atoms with Gasteiger partial charge >= 0.3 is 0 Å². The van der Waals surface area contributed by atoms with Crippen LogP contribution in [0.5, 0.6) is 0 Å². The van der Waals surface area contributed by atoms with Crippen LogP contribution in [-0.2, 0) is 11.3 Å². The quantitative estimate of drug-likeness (QED) is 0.707. The van der Waals surface area contributed by atoms with Crippen LogP contribution in [-0.4, -0.2) is 67.5 Å². The molecule has 1 aromatic carbocycles. The van der Waals surface area contributed by atoms with Crippen molar-refractivity contribution in [3.8, 4) is 0 Å². The molecule has 1 fully saturated rings. The maximum atomic E-state index is 9.21. The number of ether oxygens (including phenoxy) is 1. The molecule has 20 heavy (non-hydrogen) atoms. The minimum Gasteiger partial charge on any atom is -0.399 e. The van der Waals surface area contributed by atoms with Gasteiger partial charge in [0.05, 0.1) is 19.8 Å². The summed E-state index contributed by atoms with van der Waals surface area (Å²) in [5, 5.41) is 9.21. The molecule has 0 saturated carbocycles. The Hall–Kier alpha value is -1.14. The first-order valence-corrected chi connectivity index (χ1v) is 7.25. The molecule has 2 rings (SSSR count). The normalized spacial score (nSPS) is 16.7. The molecule has 5 nitrogen and oxygen atoms in total. The highest BCUT2D eigenvalue weighted by Crippen LogP contribution is 2.09. The Bertz CT molecular complexity index is 394. The van der Waals surface area contributed by atoms with Gasteiger partial charge < -0.3 is 15.6 Å². The first-order chi connectivity index (χ1) is 9.78. The van der Waals surface area contributed by atoms with Crippen molar-refractivity contribution in [2.75, 3.05) is 58.3 Å². The van der Waals surface area contributed by atoms with Crippen molar-refractivity contribution in [2.45, 2.75) is 6.54 Å². The average molecular weight is 279 g/mol. The number of nitrogen functional groups attached to an aromatic ring is 1. The third-order valence-electron chi connectivity index (χ3n) is 3.61. The van der Waals surface area contributed by atoms with Crippen molar-refractivity contribution in [1.82, 2.24) is 9.80 Å². The fourth-order valence-electron chi connectivity index (χ4n) is 2.47. The number of rotatable bonds is 7. The zero-order chi connectivity index (χ0) is 14.2.